The van der Waals surface area contributed by atoms with E-state index in [9.17, 15) is 4.79 Å². The molecule has 0 atom stereocenters. The highest BCUT2D eigenvalue weighted by atomic mass is 16.5. The maximum Gasteiger partial charge on any atom is 0.312 e. The zero-order chi connectivity index (χ0) is 10.5. The Morgan fingerprint density at radius 3 is 2.46 bits per heavy atom. The summed E-state index contributed by atoms with van der Waals surface area (Å²) in [4.78, 5) is 11.2. The number of ether oxygens (including phenoxy) is 1. The first-order valence-corrected chi connectivity index (χ1v) is 4.17. The fourth-order valence-corrected chi connectivity index (χ4v) is 0.526. The van der Waals surface area contributed by atoms with Gasteiger partial charge in [-0.15, -0.1) is 0 Å². The second kappa shape index (κ2) is 4.74. The lowest BCUT2D eigenvalue weighted by Gasteiger charge is -2.16. The lowest BCUT2D eigenvalue weighted by Crippen LogP contribution is -2.26. The van der Waals surface area contributed by atoms with Gasteiger partial charge in [0.1, 0.15) is 0 Å². The van der Waals surface area contributed by atoms with E-state index in [1.165, 1.54) is 0 Å². The second-order valence-electron chi connectivity index (χ2n) is 3.92. The van der Waals surface area contributed by atoms with Gasteiger partial charge in [0.25, 0.3) is 0 Å². The van der Waals surface area contributed by atoms with Gasteiger partial charge in [0, 0.05) is 11.9 Å². The minimum absolute atomic E-state index is 0.157. The standard InChI is InChI=1S/C9H18N2O2/c1-7(10)5-11-6-13-8(12)9(2,3)4/h5,11H,6,10H2,1-4H3/b7-5-. The van der Waals surface area contributed by atoms with Crippen molar-refractivity contribution in [1.82, 2.24) is 5.32 Å². The second-order valence-corrected chi connectivity index (χ2v) is 3.92. The monoisotopic (exact) mass is 186 g/mol. The first-order valence-electron chi connectivity index (χ1n) is 4.17. The van der Waals surface area contributed by atoms with Crippen LogP contribution in [0.25, 0.3) is 0 Å². The first-order chi connectivity index (χ1) is 5.84. The maximum absolute atomic E-state index is 11.2. The Hall–Kier alpha value is -1.19. The lowest BCUT2D eigenvalue weighted by atomic mass is 9.98. The zero-order valence-electron chi connectivity index (χ0n) is 8.68. The summed E-state index contributed by atoms with van der Waals surface area (Å²) in [6.45, 7) is 7.32. The fraction of sp³-hybridized carbons (Fsp3) is 0.667. The molecule has 76 valence electrons. The zero-order valence-corrected chi connectivity index (χ0v) is 8.68. The highest BCUT2D eigenvalue weighted by molar-refractivity contribution is 5.75. The molecule has 13 heavy (non-hydrogen) atoms. The van der Waals surface area contributed by atoms with Crippen LogP contribution < -0.4 is 11.1 Å². The van der Waals surface area contributed by atoms with Crippen LogP contribution in [0.3, 0.4) is 0 Å². The number of hydrogen-bond donors (Lipinski definition) is 2. The van der Waals surface area contributed by atoms with Crippen molar-refractivity contribution in [2.75, 3.05) is 6.73 Å². The van der Waals surface area contributed by atoms with Gasteiger partial charge in [-0.25, -0.2) is 0 Å². The molecule has 0 aliphatic heterocycles. The average Bonchev–Trinajstić information content (AvgIpc) is 1.95. The molecular formula is C9H18N2O2. The smallest absolute Gasteiger partial charge is 0.312 e. The van der Waals surface area contributed by atoms with Gasteiger partial charge in [-0.1, -0.05) is 0 Å². The van der Waals surface area contributed by atoms with Crippen LogP contribution in [-0.4, -0.2) is 12.7 Å². The molecule has 0 radical (unpaired) electrons. The average molecular weight is 186 g/mol. The summed E-state index contributed by atoms with van der Waals surface area (Å²) in [5.41, 5.74) is 5.54. The number of carbonyl (C=O) groups is 1. The predicted molar refractivity (Wildman–Crippen MR) is 51.5 cm³/mol. The molecular weight excluding hydrogens is 168 g/mol. The number of esters is 1. The van der Waals surface area contributed by atoms with E-state index in [0.717, 1.165) is 0 Å². The van der Waals surface area contributed by atoms with Gasteiger partial charge in [-0.3, -0.25) is 4.79 Å². The van der Waals surface area contributed by atoms with E-state index < -0.39 is 5.41 Å². The first kappa shape index (κ1) is 11.8. The van der Waals surface area contributed by atoms with Crippen LogP contribution in [0, 0.1) is 5.41 Å². The minimum atomic E-state index is -0.455. The van der Waals surface area contributed by atoms with Gasteiger partial charge in [-0.05, 0) is 27.7 Å². The summed E-state index contributed by atoms with van der Waals surface area (Å²) >= 11 is 0. The number of hydrogen-bond acceptors (Lipinski definition) is 4. The SMILES string of the molecule is C/C(N)=C/NCOC(=O)C(C)(C)C. The Bertz CT molecular complexity index is 200. The van der Waals surface area contributed by atoms with Crippen LogP contribution in [0.15, 0.2) is 11.9 Å². The topological polar surface area (TPSA) is 64.3 Å². The van der Waals surface area contributed by atoms with Crippen molar-refractivity contribution in [1.29, 1.82) is 0 Å². The fourth-order valence-electron chi connectivity index (χ4n) is 0.526. The van der Waals surface area contributed by atoms with Crippen LogP contribution in [-0.2, 0) is 9.53 Å². The number of rotatable bonds is 3. The molecule has 3 N–H and O–H groups in total. The summed E-state index contributed by atoms with van der Waals surface area (Å²) in [5.74, 6) is -0.233. The highest BCUT2D eigenvalue weighted by Crippen LogP contribution is 2.14. The van der Waals surface area contributed by atoms with Crippen LogP contribution in [0.1, 0.15) is 27.7 Å². The normalized spacial score (nSPS) is 12.5. The van der Waals surface area contributed by atoms with Crippen molar-refractivity contribution in [3.8, 4) is 0 Å². The Labute approximate surface area is 79.1 Å². The van der Waals surface area contributed by atoms with Crippen LogP contribution in [0.5, 0.6) is 0 Å². The molecule has 4 nitrogen and oxygen atoms in total. The van der Waals surface area contributed by atoms with Crippen LogP contribution in [0.2, 0.25) is 0 Å². The quantitative estimate of drug-likeness (QED) is 0.391. The third kappa shape index (κ3) is 6.02. The van der Waals surface area contributed by atoms with Gasteiger partial charge in [0.15, 0.2) is 6.73 Å². The van der Waals surface area contributed by atoms with Gasteiger partial charge < -0.3 is 15.8 Å². The molecule has 0 unspecified atom stereocenters. The highest BCUT2D eigenvalue weighted by Gasteiger charge is 2.22. The van der Waals surface area contributed by atoms with Gasteiger partial charge in [0.2, 0.25) is 0 Å². The molecule has 0 spiro atoms. The van der Waals surface area contributed by atoms with Gasteiger partial charge in [-0.2, -0.15) is 0 Å². The summed E-state index contributed by atoms with van der Waals surface area (Å²) < 4.78 is 4.91. The molecule has 0 heterocycles. The predicted octanol–water partition coefficient (Wildman–Crippen LogP) is 0.943. The molecule has 0 aliphatic rings. The number of carbonyl (C=O) groups excluding carboxylic acids is 1. The molecule has 4 heteroatoms. The maximum atomic E-state index is 11.2. The molecule has 0 aromatic carbocycles. The van der Waals surface area contributed by atoms with E-state index in [4.69, 9.17) is 10.5 Å². The van der Waals surface area contributed by atoms with Crippen LogP contribution >= 0.6 is 0 Å². The molecule has 0 aliphatic carbocycles. The Kier molecular flexibility index (Phi) is 4.31. The van der Waals surface area contributed by atoms with Gasteiger partial charge >= 0.3 is 5.97 Å². The lowest BCUT2D eigenvalue weighted by molar-refractivity contribution is -0.153. The largest absolute Gasteiger partial charge is 0.444 e. The summed E-state index contributed by atoms with van der Waals surface area (Å²) in [5, 5.41) is 2.76. The molecule has 0 rings (SSSR count). The molecule has 0 saturated heterocycles. The minimum Gasteiger partial charge on any atom is -0.444 e. The van der Waals surface area contributed by atoms with Crippen molar-refractivity contribution >= 4 is 5.97 Å². The van der Waals surface area contributed by atoms with E-state index in [1.807, 2.05) is 0 Å². The van der Waals surface area contributed by atoms with E-state index in [0.29, 0.717) is 5.70 Å². The van der Waals surface area contributed by atoms with E-state index in [1.54, 1.807) is 33.9 Å². The van der Waals surface area contributed by atoms with Crippen LogP contribution in [0.4, 0.5) is 0 Å². The number of allylic oxidation sites excluding steroid dienone is 1. The summed E-state index contributed by atoms with van der Waals surface area (Å²) in [6, 6.07) is 0. The third-order valence-corrected chi connectivity index (χ3v) is 1.23. The Balaban J connectivity index is 3.67. The van der Waals surface area contributed by atoms with E-state index >= 15 is 0 Å². The Morgan fingerprint density at radius 2 is 2.08 bits per heavy atom. The molecule has 0 saturated carbocycles. The molecule has 0 aromatic rings. The van der Waals surface area contributed by atoms with Crippen molar-refractivity contribution in [3.63, 3.8) is 0 Å². The van der Waals surface area contributed by atoms with E-state index in [-0.39, 0.29) is 12.7 Å². The molecule has 0 aromatic heterocycles. The summed E-state index contributed by atoms with van der Waals surface area (Å²) in [7, 11) is 0. The number of nitrogens with two attached hydrogens (primary N) is 1. The van der Waals surface area contributed by atoms with Gasteiger partial charge in [0.05, 0.1) is 5.41 Å². The Morgan fingerprint density at radius 1 is 1.54 bits per heavy atom. The summed E-state index contributed by atoms with van der Waals surface area (Å²) in [6.07, 6.45) is 1.59. The molecule has 0 bridgehead atoms. The van der Waals surface area contributed by atoms with Crippen molar-refractivity contribution in [3.05, 3.63) is 11.9 Å². The molecule has 0 amide bonds. The van der Waals surface area contributed by atoms with Crippen molar-refractivity contribution < 1.29 is 9.53 Å². The molecule has 0 fully saturated rings. The van der Waals surface area contributed by atoms with Crippen molar-refractivity contribution in [2.24, 2.45) is 11.1 Å². The van der Waals surface area contributed by atoms with Crippen molar-refractivity contribution in [2.45, 2.75) is 27.7 Å². The third-order valence-electron chi connectivity index (χ3n) is 1.23. The van der Waals surface area contributed by atoms with E-state index in [2.05, 4.69) is 5.32 Å². The number of nitrogens with one attached hydrogen (secondary N) is 1.